The van der Waals surface area contributed by atoms with Crippen molar-refractivity contribution in [2.45, 2.75) is 52.0 Å². The maximum Gasteiger partial charge on any atom is 0.211 e. The van der Waals surface area contributed by atoms with Crippen LogP contribution < -0.4 is 10.0 Å². The number of hydrogen-bond donors (Lipinski definition) is 2. The Morgan fingerprint density at radius 1 is 1.35 bits per heavy atom. The fraction of sp³-hybridized carbons (Fsp3) is 1.00. The van der Waals surface area contributed by atoms with E-state index in [0.717, 1.165) is 25.8 Å². The Bertz CT molecular complexity index is 325. The van der Waals surface area contributed by atoms with Gasteiger partial charge in [-0.1, -0.05) is 20.3 Å². The Kier molecular flexibility index (Phi) is 5.41. The van der Waals surface area contributed by atoms with E-state index in [1.807, 2.05) is 7.05 Å². The summed E-state index contributed by atoms with van der Waals surface area (Å²) in [6.45, 7) is 5.18. The van der Waals surface area contributed by atoms with Crippen LogP contribution in [0, 0.1) is 5.41 Å². The molecule has 0 aromatic carbocycles. The van der Waals surface area contributed by atoms with E-state index >= 15 is 0 Å². The SMILES string of the molecule is CNCCCS(=O)(=O)NC1CCCC(C)(C)C1. The van der Waals surface area contributed by atoms with E-state index in [4.69, 9.17) is 0 Å². The summed E-state index contributed by atoms with van der Waals surface area (Å²) in [7, 11) is -1.26. The van der Waals surface area contributed by atoms with Crippen molar-refractivity contribution in [2.75, 3.05) is 19.3 Å². The maximum atomic E-state index is 11.8. The highest BCUT2D eigenvalue weighted by Gasteiger charge is 2.30. The van der Waals surface area contributed by atoms with E-state index in [0.29, 0.717) is 6.42 Å². The summed E-state index contributed by atoms with van der Waals surface area (Å²) < 4.78 is 26.5. The Labute approximate surface area is 106 Å². The lowest BCUT2D eigenvalue weighted by molar-refractivity contribution is 0.212. The van der Waals surface area contributed by atoms with Crippen molar-refractivity contribution < 1.29 is 8.42 Å². The monoisotopic (exact) mass is 262 g/mol. The van der Waals surface area contributed by atoms with Crippen LogP contribution in [0.15, 0.2) is 0 Å². The second-order valence-corrected chi connectivity index (χ2v) is 7.72. The van der Waals surface area contributed by atoms with Gasteiger partial charge < -0.3 is 5.32 Å². The smallest absolute Gasteiger partial charge is 0.211 e. The lowest BCUT2D eigenvalue weighted by Crippen LogP contribution is -2.41. The van der Waals surface area contributed by atoms with Gasteiger partial charge in [-0.05, 0) is 44.7 Å². The average molecular weight is 262 g/mol. The Morgan fingerprint density at radius 3 is 2.65 bits per heavy atom. The van der Waals surface area contributed by atoms with Crippen LogP contribution in [0.3, 0.4) is 0 Å². The molecule has 1 fully saturated rings. The van der Waals surface area contributed by atoms with Gasteiger partial charge in [-0.25, -0.2) is 13.1 Å². The molecule has 0 aromatic rings. The third-order valence-corrected chi connectivity index (χ3v) is 4.91. The average Bonchev–Trinajstić information content (AvgIpc) is 2.15. The quantitative estimate of drug-likeness (QED) is 0.713. The zero-order valence-corrected chi connectivity index (χ0v) is 12.1. The molecule has 0 heterocycles. The molecule has 0 radical (unpaired) electrons. The summed E-state index contributed by atoms with van der Waals surface area (Å²) in [5, 5.41) is 2.96. The molecule has 0 aliphatic heterocycles. The summed E-state index contributed by atoms with van der Waals surface area (Å²) in [6.07, 6.45) is 4.93. The van der Waals surface area contributed by atoms with Gasteiger partial charge in [0.25, 0.3) is 0 Å². The highest BCUT2D eigenvalue weighted by molar-refractivity contribution is 7.89. The molecule has 17 heavy (non-hydrogen) atoms. The molecule has 1 unspecified atom stereocenters. The molecule has 0 amide bonds. The standard InChI is InChI=1S/C12H26N2O2S/c1-12(2)7-4-6-11(10-12)14-17(15,16)9-5-8-13-3/h11,13-14H,4-10H2,1-3H3. The molecule has 102 valence electrons. The molecule has 1 saturated carbocycles. The third kappa shape index (κ3) is 5.84. The van der Waals surface area contributed by atoms with Crippen LogP contribution in [0.1, 0.15) is 46.0 Å². The zero-order valence-electron chi connectivity index (χ0n) is 11.3. The van der Waals surface area contributed by atoms with E-state index in [1.165, 1.54) is 6.42 Å². The van der Waals surface area contributed by atoms with Gasteiger partial charge >= 0.3 is 0 Å². The van der Waals surface area contributed by atoms with Gasteiger partial charge in [0.1, 0.15) is 0 Å². The molecule has 0 bridgehead atoms. The van der Waals surface area contributed by atoms with Crippen LogP contribution in [0.4, 0.5) is 0 Å². The molecule has 4 nitrogen and oxygen atoms in total. The van der Waals surface area contributed by atoms with Crippen LogP contribution >= 0.6 is 0 Å². The lowest BCUT2D eigenvalue weighted by Gasteiger charge is -2.35. The number of sulfonamides is 1. The maximum absolute atomic E-state index is 11.8. The van der Waals surface area contributed by atoms with E-state index < -0.39 is 10.0 Å². The largest absolute Gasteiger partial charge is 0.320 e. The summed E-state index contributed by atoms with van der Waals surface area (Å²) >= 11 is 0. The highest BCUT2D eigenvalue weighted by atomic mass is 32.2. The predicted octanol–water partition coefficient (Wildman–Crippen LogP) is 1.48. The number of rotatable bonds is 6. The van der Waals surface area contributed by atoms with Crippen LogP contribution in [0.25, 0.3) is 0 Å². The Morgan fingerprint density at radius 2 is 2.06 bits per heavy atom. The minimum atomic E-state index is -3.09. The van der Waals surface area contributed by atoms with Gasteiger partial charge in [0, 0.05) is 6.04 Å². The number of hydrogen-bond acceptors (Lipinski definition) is 3. The van der Waals surface area contributed by atoms with Gasteiger partial charge in [0.2, 0.25) is 10.0 Å². The van der Waals surface area contributed by atoms with Crippen molar-refractivity contribution in [1.29, 1.82) is 0 Å². The van der Waals surface area contributed by atoms with Crippen molar-refractivity contribution in [3.8, 4) is 0 Å². The summed E-state index contributed by atoms with van der Waals surface area (Å²) in [5.74, 6) is 0.227. The van der Waals surface area contributed by atoms with Crippen molar-refractivity contribution >= 4 is 10.0 Å². The van der Waals surface area contributed by atoms with Crippen LogP contribution in [-0.4, -0.2) is 33.8 Å². The van der Waals surface area contributed by atoms with Gasteiger partial charge in [0.05, 0.1) is 5.75 Å². The molecule has 1 rings (SSSR count). The molecular formula is C12H26N2O2S. The minimum Gasteiger partial charge on any atom is -0.320 e. The highest BCUT2D eigenvalue weighted by Crippen LogP contribution is 2.35. The first kappa shape index (κ1) is 14.9. The van der Waals surface area contributed by atoms with Crippen molar-refractivity contribution in [2.24, 2.45) is 5.41 Å². The lowest BCUT2D eigenvalue weighted by atomic mass is 9.75. The second kappa shape index (κ2) is 6.16. The van der Waals surface area contributed by atoms with Crippen molar-refractivity contribution in [1.82, 2.24) is 10.0 Å². The molecule has 1 aliphatic rings. The van der Waals surface area contributed by atoms with Crippen LogP contribution in [0.5, 0.6) is 0 Å². The minimum absolute atomic E-state index is 0.137. The fourth-order valence-corrected chi connectivity index (χ4v) is 3.90. The molecule has 5 heteroatoms. The first-order valence-corrected chi connectivity index (χ1v) is 8.14. The molecule has 0 aromatic heterocycles. The van der Waals surface area contributed by atoms with Crippen LogP contribution in [-0.2, 0) is 10.0 Å². The van der Waals surface area contributed by atoms with Gasteiger partial charge in [-0.15, -0.1) is 0 Å². The fourth-order valence-electron chi connectivity index (χ4n) is 2.55. The van der Waals surface area contributed by atoms with Gasteiger partial charge in [-0.2, -0.15) is 0 Å². The predicted molar refractivity (Wildman–Crippen MR) is 71.5 cm³/mol. The summed E-state index contributed by atoms with van der Waals surface area (Å²) in [6, 6.07) is 0.137. The summed E-state index contributed by atoms with van der Waals surface area (Å²) in [5.41, 5.74) is 0.274. The molecular weight excluding hydrogens is 236 g/mol. The van der Waals surface area contributed by atoms with E-state index in [1.54, 1.807) is 0 Å². The van der Waals surface area contributed by atoms with Gasteiger partial charge in [0.15, 0.2) is 0 Å². The number of nitrogens with one attached hydrogen (secondary N) is 2. The third-order valence-electron chi connectivity index (χ3n) is 3.39. The first-order chi connectivity index (χ1) is 7.85. The molecule has 0 spiro atoms. The van der Waals surface area contributed by atoms with Crippen molar-refractivity contribution in [3.05, 3.63) is 0 Å². The Balaban J connectivity index is 2.41. The molecule has 0 saturated heterocycles. The van der Waals surface area contributed by atoms with Gasteiger partial charge in [-0.3, -0.25) is 0 Å². The molecule has 2 N–H and O–H groups in total. The van der Waals surface area contributed by atoms with Crippen molar-refractivity contribution in [3.63, 3.8) is 0 Å². The molecule has 1 atom stereocenters. The zero-order chi connectivity index (χ0) is 12.9. The molecule has 1 aliphatic carbocycles. The first-order valence-electron chi connectivity index (χ1n) is 6.49. The Hall–Kier alpha value is -0.130. The van der Waals surface area contributed by atoms with E-state index in [2.05, 4.69) is 23.9 Å². The second-order valence-electron chi connectivity index (χ2n) is 5.85. The van der Waals surface area contributed by atoms with Crippen LogP contribution in [0.2, 0.25) is 0 Å². The van der Waals surface area contributed by atoms with E-state index in [9.17, 15) is 8.42 Å². The van der Waals surface area contributed by atoms with E-state index in [-0.39, 0.29) is 17.2 Å². The normalized spacial score (nSPS) is 24.8. The topological polar surface area (TPSA) is 58.2 Å². The summed E-state index contributed by atoms with van der Waals surface area (Å²) in [4.78, 5) is 0.